The zero-order valence-electron chi connectivity index (χ0n) is 13.4. The summed E-state index contributed by atoms with van der Waals surface area (Å²) in [4.78, 5) is 14.5. The Morgan fingerprint density at radius 1 is 1.00 bits per heavy atom. The summed E-state index contributed by atoms with van der Waals surface area (Å²) in [6.45, 7) is 2.12. The van der Waals surface area contributed by atoms with Crippen molar-refractivity contribution >= 4 is 23.5 Å². The molecule has 1 aromatic heterocycles. The lowest BCUT2D eigenvalue weighted by molar-refractivity contribution is 0.0955. The van der Waals surface area contributed by atoms with Crippen molar-refractivity contribution in [3.05, 3.63) is 82.0 Å². The molecular weight excluding hydrogens is 316 g/mol. The molecule has 0 atom stereocenters. The van der Waals surface area contributed by atoms with Gasteiger partial charge in [0.1, 0.15) is 0 Å². The largest absolute Gasteiger partial charge is 0.271 e. The first-order valence-electron chi connectivity index (χ1n) is 7.84. The SMILES string of the molecule is CCc1ccc(C=NNC(=O)c2ccc(-c3ccccc3)cc2)s1. The summed E-state index contributed by atoms with van der Waals surface area (Å²) in [7, 11) is 0. The molecule has 0 aliphatic rings. The van der Waals surface area contributed by atoms with Gasteiger partial charge in [0.05, 0.1) is 6.21 Å². The van der Waals surface area contributed by atoms with Crippen molar-refractivity contribution in [2.75, 3.05) is 0 Å². The lowest BCUT2D eigenvalue weighted by Crippen LogP contribution is -2.17. The number of aryl methyl sites for hydroxylation is 1. The van der Waals surface area contributed by atoms with Crippen LogP contribution in [0.2, 0.25) is 0 Å². The molecule has 0 saturated carbocycles. The Morgan fingerprint density at radius 3 is 2.38 bits per heavy atom. The van der Waals surface area contributed by atoms with Gasteiger partial charge in [-0.1, -0.05) is 49.4 Å². The van der Waals surface area contributed by atoms with Crippen LogP contribution >= 0.6 is 11.3 Å². The van der Waals surface area contributed by atoms with Crippen molar-refractivity contribution < 1.29 is 4.79 Å². The molecule has 0 radical (unpaired) electrons. The highest BCUT2D eigenvalue weighted by molar-refractivity contribution is 7.13. The van der Waals surface area contributed by atoms with Crippen LogP contribution in [-0.2, 0) is 6.42 Å². The van der Waals surface area contributed by atoms with E-state index < -0.39 is 0 Å². The van der Waals surface area contributed by atoms with Crippen LogP contribution in [0, 0.1) is 0 Å². The van der Waals surface area contributed by atoms with E-state index in [1.165, 1.54) is 4.88 Å². The molecule has 0 saturated heterocycles. The fraction of sp³-hybridized carbons (Fsp3) is 0.100. The first-order chi connectivity index (χ1) is 11.8. The van der Waals surface area contributed by atoms with E-state index in [4.69, 9.17) is 0 Å². The van der Waals surface area contributed by atoms with E-state index in [9.17, 15) is 4.79 Å². The molecule has 24 heavy (non-hydrogen) atoms. The van der Waals surface area contributed by atoms with Crippen LogP contribution < -0.4 is 5.43 Å². The third-order valence-corrected chi connectivity index (χ3v) is 4.81. The molecule has 0 bridgehead atoms. The van der Waals surface area contributed by atoms with Crippen LogP contribution in [0.1, 0.15) is 27.0 Å². The maximum absolute atomic E-state index is 12.1. The molecule has 0 aliphatic heterocycles. The number of benzene rings is 2. The molecule has 2 aromatic carbocycles. The molecule has 0 unspecified atom stereocenters. The normalized spacial score (nSPS) is 10.9. The fourth-order valence-electron chi connectivity index (χ4n) is 2.32. The predicted molar refractivity (Wildman–Crippen MR) is 101 cm³/mol. The third-order valence-electron chi connectivity index (χ3n) is 3.64. The van der Waals surface area contributed by atoms with Crippen molar-refractivity contribution in [2.24, 2.45) is 5.10 Å². The first-order valence-corrected chi connectivity index (χ1v) is 8.65. The van der Waals surface area contributed by atoms with Gasteiger partial charge < -0.3 is 0 Å². The number of thiophene rings is 1. The van der Waals surface area contributed by atoms with Gasteiger partial charge in [-0.15, -0.1) is 11.3 Å². The molecule has 3 rings (SSSR count). The lowest BCUT2D eigenvalue weighted by Gasteiger charge is -2.03. The van der Waals surface area contributed by atoms with Gasteiger partial charge in [-0.2, -0.15) is 5.10 Å². The number of rotatable bonds is 5. The van der Waals surface area contributed by atoms with Gasteiger partial charge in [0, 0.05) is 15.3 Å². The zero-order valence-corrected chi connectivity index (χ0v) is 14.2. The smallest absolute Gasteiger partial charge is 0.267 e. The first kappa shape index (κ1) is 16.1. The Morgan fingerprint density at radius 2 is 1.71 bits per heavy atom. The summed E-state index contributed by atoms with van der Waals surface area (Å²) in [6.07, 6.45) is 2.69. The van der Waals surface area contributed by atoms with Crippen molar-refractivity contribution in [2.45, 2.75) is 13.3 Å². The minimum absolute atomic E-state index is 0.210. The summed E-state index contributed by atoms with van der Waals surface area (Å²) in [5.41, 5.74) is 5.38. The molecule has 3 aromatic rings. The summed E-state index contributed by atoms with van der Waals surface area (Å²) in [5.74, 6) is -0.210. The Labute approximate surface area is 145 Å². The Balaban J connectivity index is 1.63. The van der Waals surface area contributed by atoms with Crippen molar-refractivity contribution in [3.8, 4) is 11.1 Å². The van der Waals surface area contributed by atoms with E-state index in [0.717, 1.165) is 22.4 Å². The average molecular weight is 334 g/mol. The Kier molecular flexibility index (Phi) is 5.18. The van der Waals surface area contributed by atoms with Gasteiger partial charge >= 0.3 is 0 Å². The average Bonchev–Trinajstić information content (AvgIpc) is 3.10. The number of hydrazone groups is 1. The second-order valence-electron chi connectivity index (χ2n) is 5.30. The highest BCUT2D eigenvalue weighted by Gasteiger charge is 2.05. The van der Waals surface area contributed by atoms with E-state index >= 15 is 0 Å². The van der Waals surface area contributed by atoms with Gasteiger partial charge in [-0.3, -0.25) is 4.79 Å². The molecule has 1 N–H and O–H groups in total. The highest BCUT2D eigenvalue weighted by Crippen LogP contribution is 2.19. The van der Waals surface area contributed by atoms with Crippen LogP contribution in [0.4, 0.5) is 0 Å². The van der Waals surface area contributed by atoms with Gasteiger partial charge in [0.15, 0.2) is 0 Å². The van der Waals surface area contributed by atoms with E-state index in [1.807, 2.05) is 60.7 Å². The molecule has 0 spiro atoms. The van der Waals surface area contributed by atoms with E-state index in [-0.39, 0.29) is 5.91 Å². The topological polar surface area (TPSA) is 41.5 Å². The summed E-state index contributed by atoms with van der Waals surface area (Å²) in [6, 6.07) is 21.7. The Bertz CT molecular complexity index is 836. The second-order valence-corrected chi connectivity index (χ2v) is 6.50. The van der Waals surface area contributed by atoms with Crippen LogP contribution in [0.25, 0.3) is 11.1 Å². The van der Waals surface area contributed by atoms with E-state index in [0.29, 0.717) is 5.56 Å². The third kappa shape index (κ3) is 3.97. The number of hydrogen-bond donors (Lipinski definition) is 1. The number of hydrogen-bond acceptors (Lipinski definition) is 3. The quantitative estimate of drug-likeness (QED) is 0.531. The molecule has 3 nitrogen and oxygen atoms in total. The van der Waals surface area contributed by atoms with Crippen molar-refractivity contribution in [1.82, 2.24) is 5.43 Å². The van der Waals surface area contributed by atoms with Crippen LogP contribution in [-0.4, -0.2) is 12.1 Å². The minimum Gasteiger partial charge on any atom is -0.267 e. The molecule has 0 fully saturated rings. The van der Waals surface area contributed by atoms with E-state index in [2.05, 4.69) is 23.5 Å². The molecule has 1 amide bonds. The van der Waals surface area contributed by atoms with E-state index in [1.54, 1.807) is 17.6 Å². The number of nitrogens with one attached hydrogen (secondary N) is 1. The fourth-order valence-corrected chi connectivity index (χ4v) is 3.14. The molecule has 4 heteroatoms. The summed E-state index contributed by atoms with van der Waals surface area (Å²) in [5, 5.41) is 4.03. The summed E-state index contributed by atoms with van der Waals surface area (Å²) >= 11 is 1.68. The Hall–Kier alpha value is -2.72. The van der Waals surface area contributed by atoms with Crippen molar-refractivity contribution in [3.63, 3.8) is 0 Å². The number of carbonyl (C=O) groups excluding carboxylic acids is 1. The lowest BCUT2D eigenvalue weighted by atomic mass is 10.0. The molecule has 1 heterocycles. The monoisotopic (exact) mass is 334 g/mol. The minimum atomic E-state index is -0.210. The van der Waals surface area contributed by atoms with Gasteiger partial charge in [-0.05, 0) is 41.8 Å². The second kappa shape index (κ2) is 7.70. The maximum atomic E-state index is 12.1. The standard InChI is InChI=1S/C20H18N2OS/c1-2-18-12-13-19(24-18)14-21-22-20(23)17-10-8-16(9-11-17)15-6-4-3-5-7-15/h3-14H,2H2,1H3,(H,22,23). The van der Waals surface area contributed by atoms with Gasteiger partial charge in [0.25, 0.3) is 5.91 Å². The number of nitrogens with zero attached hydrogens (tertiary/aromatic N) is 1. The molecular formula is C20H18N2OS. The van der Waals surface area contributed by atoms with Crippen molar-refractivity contribution in [1.29, 1.82) is 0 Å². The highest BCUT2D eigenvalue weighted by atomic mass is 32.1. The number of amides is 1. The van der Waals surface area contributed by atoms with Crippen LogP contribution in [0.15, 0.2) is 71.8 Å². The summed E-state index contributed by atoms with van der Waals surface area (Å²) < 4.78 is 0. The van der Waals surface area contributed by atoms with Gasteiger partial charge in [0.2, 0.25) is 0 Å². The maximum Gasteiger partial charge on any atom is 0.271 e. The van der Waals surface area contributed by atoms with Crippen LogP contribution in [0.5, 0.6) is 0 Å². The predicted octanol–water partition coefficient (Wildman–Crippen LogP) is 4.74. The molecule has 120 valence electrons. The molecule has 0 aliphatic carbocycles. The number of carbonyl (C=O) groups is 1. The zero-order chi connectivity index (χ0) is 16.8. The van der Waals surface area contributed by atoms with Gasteiger partial charge in [-0.25, -0.2) is 5.43 Å². The van der Waals surface area contributed by atoms with Crippen LogP contribution in [0.3, 0.4) is 0 Å².